The Labute approximate surface area is 279 Å². The Morgan fingerprint density at radius 2 is 1.61 bits per heavy atom. The largest absolute Gasteiger partial charge is 0.481 e. The number of rotatable bonds is 11. The normalized spacial score (nSPS) is 18.2. The number of hydrogen-bond donors (Lipinski definition) is 4. The molecule has 2 aromatic heterocycles. The van der Waals surface area contributed by atoms with Crippen molar-refractivity contribution < 1.29 is 14.6 Å². The molecule has 4 aromatic rings. The molecule has 3 atom stereocenters. The Morgan fingerprint density at radius 1 is 0.935 bits per heavy atom. The van der Waals surface area contributed by atoms with Gasteiger partial charge in [-0.1, -0.05) is 71.7 Å². The molecule has 2 aromatic carbocycles. The van der Waals surface area contributed by atoms with Crippen molar-refractivity contribution in [3.8, 4) is 39.5 Å². The third kappa shape index (κ3) is 7.06. The van der Waals surface area contributed by atoms with E-state index < -0.39 is 6.10 Å². The van der Waals surface area contributed by atoms with Crippen LogP contribution >= 0.6 is 23.2 Å². The second-order valence-electron chi connectivity index (χ2n) is 12.1. The third-order valence-electron chi connectivity index (χ3n) is 8.71. The van der Waals surface area contributed by atoms with Gasteiger partial charge in [-0.15, -0.1) is 0 Å². The lowest BCUT2D eigenvalue weighted by Crippen LogP contribution is -2.35. The second-order valence-corrected chi connectivity index (χ2v) is 12.8. The number of nitrogens with one attached hydrogen (secondary N) is 3. The van der Waals surface area contributed by atoms with Gasteiger partial charge in [0.1, 0.15) is 0 Å². The highest BCUT2D eigenvalue weighted by atomic mass is 35.5. The standard InChI is InChI=1S/C36H39Cl2N5O3/c1-21(44)18-40-29-10-5-11-30-26(29)14-16-31(42-30)27-8-3-6-24(34(27)37)25-7-4-9-28(35(25)38)32-15-12-22(36(43-32)46-2)19-39-20-23-13-17-33(45)41-23/h3-4,6-9,12,14-16,21,23,29,39-40,44H,5,10-11,13,17-20H2,1-2H3,(H,41,45)/t21-,23-,29-/m0/s1. The molecule has 0 radical (unpaired) electrons. The molecule has 0 bridgehead atoms. The Balaban J connectivity index is 1.25. The molecular formula is C36H39Cl2N5O3. The Bertz CT molecular complexity index is 1730. The van der Waals surface area contributed by atoms with Gasteiger partial charge in [-0.05, 0) is 50.3 Å². The Morgan fingerprint density at radius 3 is 2.26 bits per heavy atom. The summed E-state index contributed by atoms with van der Waals surface area (Å²) in [6.07, 6.45) is 3.99. The van der Waals surface area contributed by atoms with Crippen molar-refractivity contribution in [1.29, 1.82) is 0 Å². The molecule has 1 saturated heterocycles. The number of fused-ring (bicyclic) bond motifs is 1. The van der Waals surface area contributed by atoms with Crippen molar-refractivity contribution in [2.75, 3.05) is 20.2 Å². The minimum absolute atomic E-state index is 0.106. The van der Waals surface area contributed by atoms with Crippen molar-refractivity contribution in [1.82, 2.24) is 25.9 Å². The van der Waals surface area contributed by atoms with E-state index in [2.05, 4.69) is 22.0 Å². The fourth-order valence-electron chi connectivity index (χ4n) is 6.35. The van der Waals surface area contributed by atoms with Crippen LogP contribution in [0.15, 0.2) is 60.7 Å². The van der Waals surface area contributed by atoms with Crippen molar-refractivity contribution in [3.63, 3.8) is 0 Å². The van der Waals surface area contributed by atoms with E-state index in [0.29, 0.717) is 47.7 Å². The van der Waals surface area contributed by atoms with Crippen LogP contribution in [-0.4, -0.2) is 53.3 Å². The number of benzene rings is 2. The summed E-state index contributed by atoms with van der Waals surface area (Å²) in [4.78, 5) is 21.3. The van der Waals surface area contributed by atoms with E-state index in [-0.39, 0.29) is 18.0 Å². The van der Waals surface area contributed by atoms with Gasteiger partial charge in [0, 0.05) is 71.6 Å². The van der Waals surface area contributed by atoms with Crippen LogP contribution in [0.1, 0.15) is 55.5 Å². The maximum atomic E-state index is 11.5. The molecule has 3 heterocycles. The highest BCUT2D eigenvalue weighted by Crippen LogP contribution is 2.42. The third-order valence-corrected chi connectivity index (χ3v) is 9.53. The van der Waals surface area contributed by atoms with E-state index in [4.69, 9.17) is 37.9 Å². The number of halogens is 2. The molecule has 1 aliphatic heterocycles. The molecule has 1 fully saturated rings. The summed E-state index contributed by atoms with van der Waals surface area (Å²) in [6, 6.07) is 20.2. The van der Waals surface area contributed by atoms with E-state index in [0.717, 1.165) is 64.9 Å². The molecular weight excluding hydrogens is 621 g/mol. The summed E-state index contributed by atoms with van der Waals surface area (Å²) in [5, 5.41) is 20.7. The summed E-state index contributed by atoms with van der Waals surface area (Å²) in [5.41, 5.74) is 7.92. The second kappa shape index (κ2) is 14.5. The van der Waals surface area contributed by atoms with Crippen molar-refractivity contribution in [2.45, 2.75) is 63.8 Å². The van der Waals surface area contributed by atoms with Crippen molar-refractivity contribution in [3.05, 3.63) is 87.5 Å². The number of aromatic nitrogens is 2. The minimum Gasteiger partial charge on any atom is -0.481 e. The lowest BCUT2D eigenvalue weighted by molar-refractivity contribution is -0.119. The lowest BCUT2D eigenvalue weighted by Gasteiger charge is -2.27. The molecule has 240 valence electrons. The van der Waals surface area contributed by atoms with Crippen LogP contribution in [0.4, 0.5) is 0 Å². The zero-order valence-corrected chi connectivity index (χ0v) is 27.6. The number of amides is 1. The highest BCUT2D eigenvalue weighted by Gasteiger charge is 2.24. The van der Waals surface area contributed by atoms with Crippen LogP contribution < -0.4 is 20.7 Å². The van der Waals surface area contributed by atoms with Gasteiger partial charge in [-0.25, -0.2) is 4.98 Å². The van der Waals surface area contributed by atoms with E-state index >= 15 is 0 Å². The Kier molecular flexibility index (Phi) is 10.2. The van der Waals surface area contributed by atoms with Gasteiger partial charge < -0.3 is 25.8 Å². The molecule has 6 rings (SSSR count). The van der Waals surface area contributed by atoms with Crippen LogP contribution in [0.3, 0.4) is 0 Å². The van der Waals surface area contributed by atoms with Gasteiger partial charge >= 0.3 is 0 Å². The molecule has 10 heteroatoms. The van der Waals surface area contributed by atoms with Gasteiger partial charge in [0.05, 0.1) is 34.6 Å². The predicted molar refractivity (Wildman–Crippen MR) is 183 cm³/mol. The number of aliphatic hydroxyl groups is 1. The van der Waals surface area contributed by atoms with Crippen LogP contribution in [0.5, 0.6) is 5.88 Å². The first kappa shape index (κ1) is 32.4. The first-order chi connectivity index (χ1) is 22.3. The summed E-state index contributed by atoms with van der Waals surface area (Å²) >= 11 is 14.2. The van der Waals surface area contributed by atoms with E-state index in [1.807, 2.05) is 54.6 Å². The monoisotopic (exact) mass is 659 g/mol. The zero-order valence-electron chi connectivity index (χ0n) is 26.1. The summed E-state index contributed by atoms with van der Waals surface area (Å²) < 4.78 is 5.65. The number of carbonyl (C=O) groups is 1. The fourth-order valence-corrected chi connectivity index (χ4v) is 7.00. The first-order valence-electron chi connectivity index (χ1n) is 15.9. The van der Waals surface area contributed by atoms with Crippen LogP contribution in [0.2, 0.25) is 10.0 Å². The van der Waals surface area contributed by atoms with Gasteiger partial charge in [-0.3, -0.25) is 9.78 Å². The van der Waals surface area contributed by atoms with Gasteiger partial charge in [0.15, 0.2) is 0 Å². The predicted octanol–water partition coefficient (Wildman–Crippen LogP) is 6.51. The number of aryl methyl sites for hydroxylation is 1. The smallest absolute Gasteiger partial charge is 0.220 e. The molecule has 0 unspecified atom stereocenters. The highest BCUT2D eigenvalue weighted by molar-refractivity contribution is 6.39. The minimum atomic E-state index is -0.400. The Hall–Kier alpha value is -3.53. The van der Waals surface area contributed by atoms with E-state index in [9.17, 15) is 9.90 Å². The number of nitrogens with zero attached hydrogens (tertiary/aromatic N) is 2. The van der Waals surface area contributed by atoms with Gasteiger partial charge in [0.2, 0.25) is 11.8 Å². The molecule has 1 aliphatic carbocycles. The fraction of sp³-hybridized carbons (Fsp3) is 0.361. The topological polar surface area (TPSA) is 108 Å². The number of ether oxygens (including phenoxy) is 1. The SMILES string of the molecule is COc1nc(-c2cccc(-c3cccc(-c4ccc5c(n4)CCC[C@@H]5NC[C@H](C)O)c3Cl)c2Cl)ccc1CNC[C@@H]1CCC(=O)N1. The molecule has 46 heavy (non-hydrogen) atoms. The number of pyridine rings is 2. The number of carbonyl (C=O) groups excluding carboxylic acids is 1. The number of aliphatic hydroxyl groups excluding tert-OH is 1. The first-order valence-corrected chi connectivity index (χ1v) is 16.6. The van der Waals surface area contributed by atoms with E-state index in [1.165, 1.54) is 5.56 Å². The van der Waals surface area contributed by atoms with E-state index in [1.54, 1.807) is 14.0 Å². The van der Waals surface area contributed by atoms with Crippen LogP contribution in [0.25, 0.3) is 33.6 Å². The average molecular weight is 661 g/mol. The molecule has 4 N–H and O–H groups in total. The zero-order chi connectivity index (χ0) is 32.2. The maximum absolute atomic E-state index is 11.5. The van der Waals surface area contributed by atoms with Gasteiger partial charge in [-0.2, -0.15) is 0 Å². The number of hydrogen-bond acceptors (Lipinski definition) is 7. The maximum Gasteiger partial charge on any atom is 0.220 e. The molecule has 2 aliphatic rings. The lowest BCUT2D eigenvalue weighted by atomic mass is 9.90. The quantitative estimate of drug-likeness (QED) is 0.145. The average Bonchev–Trinajstić information content (AvgIpc) is 3.48. The number of methoxy groups -OCH3 is 1. The van der Waals surface area contributed by atoms with Crippen LogP contribution in [0, 0.1) is 0 Å². The van der Waals surface area contributed by atoms with Crippen LogP contribution in [-0.2, 0) is 17.8 Å². The van der Waals surface area contributed by atoms with Crippen molar-refractivity contribution in [2.24, 2.45) is 0 Å². The molecule has 0 spiro atoms. The summed E-state index contributed by atoms with van der Waals surface area (Å²) in [7, 11) is 1.61. The van der Waals surface area contributed by atoms with Gasteiger partial charge in [0.25, 0.3) is 0 Å². The van der Waals surface area contributed by atoms with Crippen molar-refractivity contribution >= 4 is 29.1 Å². The summed E-state index contributed by atoms with van der Waals surface area (Å²) in [5.74, 6) is 0.623. The molecule has 8 nitrogen and oxygen atoms in total. The molecule has 0 saturated carbocycles. The summed E-state index contributed by atoms with van der Waals surface area (Å²) in [6.45, 7) is 3.59. The molecule has 1 amide bonds.